The van der Waals surface area contributed by atoms with Gasteiger partial charge in [0.05, 0.1) is 18.6 Å². The predicted octanol–water partition coefficient (Wildman–Crippen LogP) is 2.85. The molecule has 2 nitrogen and oxygen atoms in total. The molecule has 76 valence electrons. The van der Waals surface area contributed by atoms with E-state index in [-0.39, 0.29) is 6.10 Å². The lowest BCUT2D eigenvalue weighted by atomic mass is 10.2. The van der Waals surface area contributed by atoms with Crippen molar-refractivity contribution in [2.24, 2.45) is 0 Å². The molecule has 0 spiro atoms. The molecule has 1 aliphatic rings. The molecule has 4 heteroatoms. The lowest BCUT2D eigenvalue weighted by Gasteiger charge is -2.20. The first-order valence-electron chi connectivity index (χ1n) is 4.37. The summed E-state index contributed by atoms with van der Waals surface area (Å²) >= 11 is 9.13. The van der Waals surface area contributed by atoms with Crippen molar-refractivity contribution >= 4 is 27.5 Å². The third kappa shape index (κ3) is 1.96. The van der Waals surface area contributed by atoms with Gasteiger partial charge >= 0.3 is 0 Å². The summed E-state index contributed by atoms with van der Waals surface area (Å²) in [5.74, 6) is 0.445. The Morgan fingerprint density at radius 3 is 2.71 bits per heavy atom. The van der Waals surface area contributed by atoms with Gasteiger partial charge in [-0.05, 0) is 15.9 Å². The van der Waals surface area contributed by atoms with Crippen molar-refractivity contribution in [3.8, 4) is 0 Å². The first-order chi connectivity index (χ1) is 6.74. The molecular formula is C10H10BrClO2. The summed E-state index contributed by atoms with van der Waals surface area (Å²) in [6, 6.07) is 9.74. The van der Waals surface area contributed by atoms with Crippen LogP contribution >= 0.6 is 27.5 Å². The molecule has 1 saturated heterocycles. The van der Waals surface area contributed by atoms with Gasteiger partial charge < -0.3 is 9.47 Å². The third-order valence-corrected chi connectivity index (χ3v) is 3.28. The first-order valence-corrected chi connectivity index (χ1v) is 5.69. The Kier molecular flexibility index (Phi) is 3.12. The second kappa shape index (κ2) is 4.19. The monoisotopic (exact) mass is 276 g/mol. The zero-order valence-corrected chi connectivity index (χ0v) is 9.79. The molecule has 1 heterocycles. The van der Waals surface area contributed by atoms with Crippen LogP contribution in [0.5, 0.6) is 0 Å². The Morgan fingerprint density at radius 1 is 1.43 bits per heavy atom. The molecule has 0 radical (unpaired) electrons. The topological polar surface area (TPSA) is 18.5 Å². The van der Waals surface area contributed by atoms with E-state index in [1.165, 1.54) is 0 Å². The Morgan fingerprint density at radius 2 is 2.14 bits per heavy atom. The fourth-order valence-electron chi connectivity index (χ4n) is 1.35. The Hall–Kier alpha value is -0.0900. The largest absolute Gasteiger partial charge is 0.334 e. The second-order valence-corrected chi connectivity index (χ2v) is 4.46. The maximum atomic E-state index is 5.70. The summed E-state index contributed by atoms with van der Waals surface area (Å²) in [6.07, 6.45) is -0.0451. The molecule has 1 fully saturated rings. The van der Waals surface area contributed by atoms with Crippen LogP contribution in [0.15, 0.2) is 30.3 Å². The Bertz CT molecular complexity index is 306. The van der Waals surface area contributed by atoms with Gasteiger partial charge in [-0.25, -0.2) is 0 Å². The van der Waals surface area contributed by atoms with Gasteiger partial charge in [0.1, 0.15) is 0 Å². The van der Waals surface area contributed by atoms with Crippen LogP contribution < -0.4 is 0 Å². The fourth-order valence-corrected chi connectivity index (χ4v) is 2.16. The molecule has 0 aliphatic carbocycles. The fraction of sp³-hybridized carbons (Fsp3) is 0.400. The van der Waals surface area contributed by atoms with Gasteiger partial charge in [-0.3, -0.25) is 0 Å². The van der Waals surface area contributed by atoms with Crippen LogP contribution in [0.2, 0.25) is 0 Å². The van der Waals surface area contributed by atoms with Crippen molar-refractivity contribution in [3.63, 3.8) is 0 Å². The molecule has 0 saturated carbocycles. The van der Waals surface area contributed by atoms with Crippen molar-refractivity contribution in [1.82, 2.24) is 0 Å². The molecular weight excluding hydrogens is 267 g/mol. The summed E-state index contributed by atoms with van der Waals surface area (Å²) in [7, 11) is 0. The second-order valence-electron chi connectivity index (χ2n) is 3.11. The normalized spacial score (nSPS) is 32.0. The summed E-state index contributed by atoms with van der Waals surface area (Å²) < 4.78 is 10.4. The van der Waals surface area contributed by atoms with Gasteiger partial charge in [0.25, 0.3) is 4.70 Å². The number of ether oxygens (including phenoxy) is 2. The van der Waals surface area contributed by atoms with E-state index in [1.807, 2.05) is 30.3 Å². The predicted molar refractivity (Wildman–Crippen MR) is 58.6 cm³/mol. The number of halogens is 2. The molecule has 0 N–H and O–H groups in total. The van der Waals surface area contributed by atoms with Crippen molar-refractivity contribution in [2.45, 2.75) is 10.8 Å². The summed E-state index contributed by atoms with van der Waals surface area (Å²) in [5, 5.41) is 0. The van der Waals surface area contributed by atoms with E-state index in [0.29, 0.717) is 12.5 Å². The molecule has 0 unspecified atom stereocenters. The smallest absolute Gasteiger partial charge is 0.254 e. The van der Waals surface area contributed by atoms with E-state index < -0.39 is 4.70 Å². The van der Waals surface area contributed by atoms with Gasteiger partial charge in [-0.15, -0.1) is 11.6 Å². The molecule has 14 heavy (non-hydrogen) atoms. The highest BCUT2D eigenvalue weighted by Crippen LogP contribution is 2.39. The zero-order valence-electron chi connectivity index (χ0n) is 7.45. The Labute approximate surface area is 96.3 Å². The molecule has 1 aliphatic heterocycles. The first kappa shape index (κ1) is 10.4. The minimum atomic E-state index is -0.812. The number of alkyl halides is 2. The average molecular weight is 278 g/mol. The molecule has 2 atom stereocenters. The quantitative estimate of drug-likeness (QED) is 0.774. The van der Waals surface area contributed by atoms with Gasteiger partial charge in [-0.2, -0.15) is 0 Å². The molecule has 0 aromatic heterocycles. The van der Waals surface area contributed by atoms with Crippen molar-refractivity contribution in [1.29, 1.82) is 0 Å². The lowest BCUT2D eigenvalue weighted by Crippen LogP contribution is -2.20. The Balaban J connectivity index is 2.19. The standard InChI is InChI=1S/C10H10BrClO2/c11-10(8-4-2-1-3-5-8)13-7-9(6-12)14-10/h1-5,9H,6-7H2/t9-,10+/m1/s1. The SMILES string of the molecule is ClC[C@@H]1CO[C@@](Br)(c2ccccc2)O1. The van der Waals surface area contributed by atoms with Gasteiger partial charge in [-0.1, -0.05) is 30.3 Å². The highest BCUT2D eigenvalue weighted by Gasteiger charge is 2.40. The van der Waals surface area contributed by atoms with Crippen molar-refractivity contribution < 1.29 is 9.47 Å². The molecule has 2 rings (SSSR count). The van der Waals surface area contributed by atoms with Crippen molar-refractivity contribution in [3.05, 3.63) is 35.9 Å². The molecule has 1 aromatic carbocycles. The van der Waals surface area contributed by atoms with Gasteiger partial charge in [0.2, 0.25) is 0 Å². The molecule has 0 amide bonds. The number of rotatable bonds is 2. The van der Waals surface area contributed by atoms with Crippen LogP contribution in [0.4, 0.5) is 0 Å². The maximum Gasteiger partial charge on any atom is 0.254 e. The highest BCUT2D eigenvalue weighted by atomic mass is 79.9. The van der Waals surface area contributed by atoms with E-state index in [2.05, 4.69) is 15.9 Å². The van der Waals surface area contributed by atoms with Gasteiger partial charge in [0, 0.05) is 5.56 Å². The van der Waals surface area contributed by atoms with Crippen LogP contribution in [0.1, 0.15) is 5.56 Å². The van der Waals surface area contributed by atoms with Crippen LogP contribution in [0.25, 0.3) is 0 Å². The van der Waals surface area contributed by atoms with Crippen LogP contribution in [-0.4, -0.2) is 18.6 Å². The van der Waals surface area contributed by atoms with E-state index >= 15 is 0 Å². The van der Waals surface area contributed by atoms with Crippen LogP contribution in [-0.2, 0) is 14.2 Å². The average Bonchev–Trinajstić information content (AvgIpc) is 2.63. The molecule has 1 aromatic rings. The van der Waals surface area contributed by atoms with E-state index in [9.17, 15) is 0 Å². The van der Waals surface area contributed by atoms with E-state index in [1.54, 1.807) is 0 Å². The number of benzene rings is 1. The zero-order chi connectivity index (χ0) is 10.0. The summed E-state index contributed by atoms with van der Waals surface area (Å²) in [4.78, 5) is 0. The maximum absolute atomic E-state index is 5.70. The highest BCUT2D eigenvalue weighted by molar-refractivity contribution is 9.09. The van der Waals surface area contributed by atoms with Crippen molar-refractivity contribution in [2.75, 3.05) is 12.5 Å². The van der Waals surface area contributed by atoms with Gasteiger partial charge in [0.15, 0.2) is 0 Å². The summed E-state index contributed by atoms with van der Waals surface area (Å²) in [6.45, 7) is 0.518. The number of hydrogen-bond acceptors (Lipinski definition) is 2. The summed E-state index contributed by atoms with van der Waals surface area (Å²) in [5.41, 5.74) is 0.951. The molecule has 0 bridgehead atoms. The lowest BCUT2D eigenvalue weighted by molar-refractivity contribution is -0.0861. The number of hydrogen-bond donors (Lipinski definition) is 0. The minimum Gasteiger partial charge on any atom is -0.334 e. The third-order valence-electron chi connectivity index (χ3n) is 2.06. The minimum absolute atomic E-state index is 0.0451. The van der Waals surface area contributed by atoms with E-state index in [0.717, 1.165) is 5.56 Å². The van der Waals surface area contributed by atoms with E-state index in [4.69, 9.17) is 21.1 Å². The van der Waals surface area contributed by atoms with Crippen LogP contribution in [0, 0.1) is 0 Å². The van der Waals surface area contributed by atoms with Crippen LogP contribution in [0.3, 0.4) is 0 Å².